The molecule has 2 rings (SSSR count). The SMILES string of the molecule is O=C(O)c1cccc(N2CCCCCC2=O)n1. The molecule has 5 heteroatoms. The van der Waals surface area contributed by atoms with Crippen molar-refractivity contribution in [2.75, 3.05) is 11.4 Å². The van der Waals surface area contributed by atoms with E-state index in [1.54, 1.807) is 17.0 Å². The quantitative estimate of drug-likeness (QED) is 0.845. The predicted octanol–water partition coefficient (Wildman–Crippen LogP) is 1.69. The van der Waals surface area contributed by atoms with Crippen molar-refractivity contribution in [2.24, 2.45) is 0 Å². The van der Waals surface area contributed by atoms with E-state index in [9.17, 15) is 9.59 Å². The monoisotopic (exact) mass is 234 g/mol. The van der Waals surface area contributed by atoms with Gasteiger partial charge in [-0.05, 0) is 25.0 Å². The number of amides is 1. The highest BCUT2D eigenvalue weighted by atomic mass is 16.4. The van der Waals surface area contributed by atoms with E-state index in [-0.39, 0.29) is 11.6 Å². The molecule has 1 aliphatic heterocycles. The van der Waals surface area contributed by atoms with Crippen LogP contribution in [0.5, 0.6) is 0 Å². The number of nitrogens with zero attached hydrogens (tertiary/aromatic N) is 2. The molecule has 0 aromatic carbocycles. The van der Waals surface area contributed by atoms with Crippen molar-refractivity contribution in [2.45, 2.75) is 25.7 Å². The Balaban J connectivity index is 2.28. The van der Waals surface area contributed by atoms with Crippen LogP contribution in [0.15, 0.2) is 18.2 Å². The predicted molar refractivity (Wildman–Crippen MR) is 62.0 cm³/mol. The first-order chi connectivity index (χ1) is 8.18. The minimum absolute atomic E-state index is 0.0255. The van der Waals surface area contributed by atoms with Crippen LogP contribution in [0.2, 0.25) is 0 Å². The molecule has 1 fully saturated rings. The summed E-state index contributed by atoms with van der Waals surface area (Å²) in [7, 11) is 0. The van der Waals surface area contributed by atoms with Crippen LogP contribution in [0.4, 0.5) is 5.82 Å². The lowest BCUT2D eigenvalue weighted by atomic mass is 10.2. The van der Waals surface area contributed by atoms with Crippen molar-refractivity contribution in [1.29, 1.82) is 0 Å². The van der Waals surface area contributed by atoms with E-state index >= 15 is 0 Å². The summed E-state index contributed by atoms with van der Waals surface area (Å²) in [6, 6.07) is 4.72. The van der Waals surface area contributed by atoms with E-state index < -0.39 is 5.97 Å². The van der Waals surface area contributed by atoms with Crippen LogP contribution >= 0.6 is 0 Å². The number of hydrogen-bond donors (Lipinski definition) is 1. The van der Waals surface area contributed by atoms with Gasteiger partial charge in [0.05, 0.1) is 0 Å². The van der Waals surface area contributed by atoms with Gasteiger partial charge >= 0.3 is 5.97 Å². The molecule has 1 aliphatic rings. The van der Waals surface area contributed by atoms with E-state index in [0.717, 1.165) is 19.3 Å². The number of hydrogen-bond acceptors (Lipinski definition) is 3. The Hall–Kier alpha value is -1.91. The largest absolute Gasteiger partial charge is 0.477 e. The third-order valence-corrected chi connectivity index (χ3v) is 2.80. The Labute approximate surface area is 99.1 Å². The van der Waals surface area contributed by atoms with E-state index in [1.807, 2.05) is 0 Å². The summed E-state index contributed by atoms with van der Waals surface area (Å²) in [5.74, 6) is -0.608. The lowest BCUT2D eigenvalue weighted by Crippen LogP contribution is -2.31. The number of carbonyl (C=O) groups is 2. The maximum absolute atomic E-state index is 11.8. The third kappa shape index (κ3) is 2.61. The molecule has 17 heavy (non-hydrogen) atoms. The van der Waals surface area contributed by atoms with Gasteiger partial charge in [-0.2, -0.15) is 0 Å². The minimum atomic E-state index is -1.07. The number of rotatable bonds is 2. The van der Waals surface area contributed by atoms with Crippen molar-refractivity contribution < 1.29 is 14.7 Å². The van der Waals surface area contributed by atoms with Gasteiger partial charge in [-0.15, -0.1) is 0 Å². The minimum Gasteiger partial charge on any atom is -0.477 e. The maximum Gasteiger partial charge on any atom is 0.354 e. The van der Waals surface area contributed by atoms with E-state index in [4.69, 9.17) is 5.11 Å². The van der Waals surface area contributed by atoms with Gasteiger partial charge in [0.25, 0.3) is 0 Å². The van der Waals surface area contributed by atoms with E-state index in [2.05, 4.69) is 4.98 Å². The molecule has 0 bridgehead atoms. The molecule has 1 aromatic rings. The molecule has 1 N–H and O–H groups in total. The Bertz CT molecular complexity index is 445. The second kappa shape index (κ2) is 4.95. The average Bonchev–Trinajstić information content (AvgIpc) is 2.54. The molecule has 90 valence electrons. The summed E-state index contributed by atoms with van der Waals surface area (Å²) in [6.45, 7) is 0.620. The van der Waals surface area contributed by atoms with Gasteiger partial charge in [0.15, 0.2) is 5.69 Å². The summed E-state index contributed by atoms with van der Waals surface area (Å²) >= 11 is 0. The molecule has 0 spiro atoms. The first-order valence-electron chi connectivity index (χ1n) is 5.69. The second-order valence-corrected chi connectivity index (χ2v) is 4.04. The number of pyridine rings is 1. The molecular formula is C12H14N2O3. The number of carboxylic acids is 1. The number of aromatic nitrogens is 1. The van der Waals surface area contributed by atoms with E-state index in [0.29, 0.717) is 18.8 Å². The molecule has 2 heterocycles. The zero-order valence-corrected chi connectivity index (χ0v) is 9.43. The van der Waals surface area contributed by atoms with Crippen LogP contribution in [0.3, 0.4) is 0 Å². The Kier molecular flexibility index (Phi) is 3.37. The lowest BCUT2D eigenvalue weighted by Gasteiger charge is -2.19. The summed E-state index contributed by atoms with van der Waals surface area (Å²) in [6.07, 6.45) is 3.37. The Morgan fingerprint density at radius 2 is 2.12 bits per heavy atom. The first-order valence-corrected chi connectivity index (χ1v) is 5.69. The summed E-state index contributed by atoms with van der Waals surface area (Å²) in [5.41, 5.74) is -0.0282. The normalized spacial score (nSPS) is 16.7. The number of carboxylic acid groups (broad SMARTS) is 1. The van der Waals surface area contributed by atoms with E-state index in [1.165, 1.54) is 6.07 Å². The van der Waals surface area contributed by atoms with Crippen molar-refractivity contribution >= 4 is 17.7 Å². The molecule has 1 aromatic heterocycles. The van der Waals surface area contributed by atoms with Crippen molar-refractivity contribution in [3.63, 3.8) is 0 Å². The summed E-state index contributed by atoms with van der Waals surface area (Å²) in [4.78, 5) is 28.2. The van der Waals surface area contributed by atoms with Crippen LogP contribution in [0.1, 0.15) is 36.2 Å². The van der Waals surface area contributed by atoms with Gasteiger partial charge in [-0.3, -0.25) is 9.69 Å². The fourth-order valence-electron chi connectivity index (χ4n) is 1.92. The van der Waals surface area contributed by atoms with Crippen molar-refractivity contribution in [3.8, 4) is 0 Å². The van der Waals surface area contributed by atoms with Crippen LogP contribution in [-0.2, 0) is 4.79 Å². The van der Waals surface area contributed by atoms with Gasteiger partial charge in [0.2, 0.25) is 5.91 Å². The fraction of sp³-hybridized carbons (Fsp3) is 0.417. The maximum atomic E-state index is 11.8. The van der Waals surface area contributed by atoms with Crippen LogP contribution in [0, 0.1) is 0 Å². The average molecular weight is 234 g/mol. The molecule has 0 saturated carbocycles. The fourth-order valence-corrected chi connectivity index (χ4v) is 1.92. The zero-order valence-electron chi connectivity index (χ0n) is 9.43. The number of anilines is 1. The van der Waals surface area contributed by atoms with Crippen LogP contribution in [0.25, 0.3) is 0 Å². The molecule has 0 atom stereocenters. The first kappa shape index (κ1) is 11.6. The van der Waals surface area contributed by atoms with Crippen LogP contribution in [-0.4, -0.2) is 28.5 Å². The molecule has 0 aliphatic carbocycles. The highest BCUT2D eigenvalue weighted by Gasteiger charge is 2.20. The highest BCUT2D eigenvalue weighted by Crippen LogP contribution is 2.18. The smallest absolute Gasteiger partial charge is 0.354 e. The topological polar surface area (TPSA) is 70.5 Å². The van der Waals surface area contributed by atoms with Gasteiger partial charge < -0.3 is 5.11 Å². The van der Waals surface area contributed by atoms with Crippen molar-refractivity contribution in [1.82, 2.24) is 4.98 Å². The Morgan fingerprint density at radius 1 is 1.29 bits per heavy atom. The van der Waals surface area contributed by atoms with Gasteiger partial charge in [-0.25, -0.2) is 9.78 Å². The van der Waals surface area contributed by atoms with Gasteiger partial charge in [0.1, 0.15) is 5.82 Å². The molecule has 0 radical (unpaired) electrons. The van der Waals surface area contributed by atoms with Crippen LogP contribution < -0.4 is 4.90 Å². The Morgan fingerprint density at radius 3 is 2.88 bits per heavy atom. The number of aromatic carboxylic acids is 1. The molecule has 1 saturated heterocycles. The number of carbonyl (C=O) groups excluding carboxylic acids is 1. The second-order valence-electron chi connectivity index (χ2n) is 4.04. The highest BCUT2D eigenvalue weighted by molar-refractivity contribution is 5.93. The van der Waals surface area contributed by atoms with Gasteiger partial charge in [0, 0.05) is 13.0 Å². The lowest BCUT2D eigenvalue weighted by molar-refractivity contribution is -0.118. The molecule has 0 unspecified atom stereocenters. The summed E-state index contributed by atoms with van der Waals surface area (Å²) in [5, 5.41) is 8.86. The van der Waals surface area contributed by atoms with Gasteiger partial charge in [-0.1, -0.05) is 12.5 Å². The standard InChI is InChI=1S/C12H14N2O3/c15-11-7-2-1-3-8-14(11)10-6-4-5-9(13-10)12(16)17/h4-6H,1-3,7-8H2,(H,16,17). The molecule has 5 nitrogen and oxygen atoms in total. The zero-order chi connectivity index (χ0) is 12.3. The van der Waals surface area contributed by atoms with Crippen molar-refractivity contribution in [3.05, 3.63) is 23.9 Å². The summed E-state index contributed by atoms with van der Waals surface area (Å²) < 4.78 is 0. The molecular weight excluding hydrogens is 220 g/mol. The third-order valence-electron chi connectivity index (χ3n) is 2.80. The molecule has 1 amide bonds.